The smallest absolute Gasteiger partial charge is 0.226 e. The van der Waals surface area contributed by atoms with Gasteiger partial charge in [-0.05, 0) is 43.5 Å². The second kappa shape index (κ2) is 6.72. The minimum atomic E-state index is -0.387. The van der Waals surface area contributed by atoms with Gasteiger partial charge in [0, 0.05) is 18.7 Å². The molecule has 7 heteroatoms. The quantitative estimate of drug-likeness (QED) is 0.445. The molecule has 2 rings (SSSR count). The molecule has 1 aliphatic heterocycles. The zero-order chi connectivity index (χ0) is 16.1. The predicted molar refractivity (Wildman–Crippen MR) is 86.0 cm³/mol. The van der Waals surface area contributed by atoms with Gasteiger partial charge in [-0.1, -0.05) is 0 Å². The Morgan fingerprint density at radius 1 is 1.50 bits per heavy atom. The van der Waals surface area contributed by atoms with E-state index in [1.54, 1.807) is 12.1 Å². The van der Waals surface area contributed by atoms with Gasteiger partial charge in [0.05, 0.1) is 5.69 Å². The number of nitriles is 1. The van der Waals surface area contributed by atoms with Crippen LogP contribution in [0.1, 0.15) is 24.8 Å². The van der Waals surface area contributed by atoms with Crippen molar-refractivity contribution in [3.05, 3.63) is 23.8 Å². The maximum atomic E-state index is 12.0. The summed E-state index contributed by atoms with van der Waals surface area (Å²) in [6, 6.07) is 7.22. The third-order valence-corrected chi connectivity index (χ3v) is 3.47. The first-order chi connectivity index (χ1) is 10.5. The second-order valence-electron chi connectivity index (χ2n) is 5.10. The van der Waals surface area contributed by atoms with Gasteiger partial charge >= 0.3 is 0 Å². The molecule has 0 spiro atoms. The summed E-state index contributed by atoms with van der Waals surface area (Å²) < 4.78 is 0. The highest BCUT2D eigenvalue weighted by molar-refractivity contribution is 6.45. The number of anilines is 2. The molecule has 4 N–H and O–H groups in total. The molecule has 1 saturated heterocycles. The molecule has 0 radical (unpaired) electrons. The Morgan fingerprint density at radius 3 is 2.86 bits per heavy atom. The Labute approximate surface area is 128 Å². The number of nitrogens with zero attached hydrogens (tertiary/aromatic N) is 3. The van der Waals surface area contributed by atoms with Gasteiger partial charge in [0.2, 0.25) is 11.6 Å². The van der Waals surface area contributed by atoms with Crippen LogP contribution in [0, 0.1) is 23.7 Å². The summed E-state index contributed by atoms with van der Waals surface area (Å²) in [5, 5.41) is 19.8. The van der Waals surface area contributed by atoms with Crippen molar-refractivity contribution in [2.24, 2.45) is 10.8 Å². The van der Waals surface area contributed by atoms with E-state index in [1.165, 1.54) is 0 Å². The van der Waals surface area contributed by atoms with Gasteiger partial charge in [-0.3, -0.25) is 15.6 Å². The maximum Gasteiger partial charge on any atom is 0.226 e. The van der Waals surface area contributed by atoms with Crippen LogP contribution in [0.2, 0.25) is 0 Å². The van der Waals surface area contributed by atoms with Crippen LogP contribution >= 0.6 is 0 Å². The monoisotopic (exact) mass is 298 g/mol. The average molecular weight is 298 g/mol. The molecule has 22 heavy (non-hydrogen) atoms. The zero-order valence-corrected chi connectivity index (χ0v) is 12.4. The fourth-order valence-corrected chi connectivity index (χ4v) is 2.35. The van der Waals surface area contributed by atoms with Crippen LogP contribution in [0.4, 0.5) is 11.4 Å². The third-order valence-electron chi connectivity index (χ3n) is 3.47. The highest BCUT2D eigenvalue weighted by Gasteiger charge is 2.20. The Balaban J connectivity index is 2.18. The average Bonchev–Trinajstić information content (AvgIpc) is 2.49. The molecule has 0 aliphatic carbocycles. The number of piperidine rings is 1. The number of carbonyl (C=O) groups excluding carboxylic acids is 1. The van der Waals surface area contributed by atoms with Crippen LogP contribution in [0.3, 0.4) is 0 Å². The van der Waals surface area contributed by atoms with Crippen molar-refractivity contribution in [3.63, 3.8) is 0 Å². The van der Waals surface area contributed by atoms with Gasteiger partial charge in [-0.15, -0.1) is 0 Å². The van der Waals surface area contributed by atoms with E-state index in [1.807, 2.05) is 24.0 Å². The van der Waals surface area contributed by atoms with Crippen LogP contribution in [0.15, 0.2) is 23.3 Å². The highest BCUT2D eigenvalue weighted by atomic mass is 16.2. The molecule has 0 atom stereocenters. The fourth-order valence-electron chi connectivity index (χ4n) is 2.35. The SMILES string of the molecule is Cc1cc(N/N=C(\C#N)C(=N)N)ccc1N1CCCCC1=O. The van der Waals surface area contributed by atoms with Crippen LogP contribution in [0.5, 0.6) is 0 Å². The standard InChI is InChI=1S/C15H18N6O/c1-10-8-11(19-20-12(9-16)15(17)18)5-6-13(10)21-7-3-2-4-14(21)22/h5-6,8,19H,2-4,7H2,1H3,(H3,17,18)/b20-12+. The first-order valence-electron chi connectivity index (χ1n) is 7.02. The van der Waals surface area contributed by atoms with Crippen molar-refractivity contribution in [1.82, 2.24) is 0 Å². The molecule has 0 unspecified atom stereocenters. The maximum absolute atomic E-state index is 12.0. The first-order valence-corrected chi connectivity index (χ1v) is 7.02. The Morgan fingerprint density at radius 2 is 2.27 bits per heavy atom. The van der Waals surface area contributed by atoms with Crippen molar-refractivity contribution >= 4 is 28.8 Å². The molecular weight excluding hydrogens is 280 g/mol. The topological polar surface area (TPSA) is 118 Å². The van der Waals surface area contributed by atoms with E-state index < -0.39 is 0 Å². The van der Waals surface area contributed by atoms with Crippen molar-refractivity contribution < 1.29 is 4.79 Å². The van der Waals surface area contributed by atoms with Gasteiger partial charge in [-0.25, -0.2) is 0 Å². The number of amidine groups is 1. The normalized spacial score (nSPS) is 15.4. The number of benzene rings is 1. The second-order valence-corrected chi connectivity index (χ2v) is 5.10. The number of rotatable bonds is 4. The molecule has 1 amide bonds. The van der Waals surface area contributed by atoms with Gasteiger partial charge in [-0.2, -0.15) is 10.4 Å². The molecule has 0 bridgehead atoms. The van der Waals surface area contributed by atoms with E-state index in [0.29, 0.717) is 12.1 Å². The minimum Gasteiger partial charge on any atom is -0.382 e. The fraction of sp³-hybridized carbons (Fsp3) is 0.333. The summed E-state index contributed by atoms with van der Waals surface area (Å²) >= 11 is 0. The summed E-state index contributed by atoms with van der Waals surface area (Å²) in [5.74, 6) is -0.237. The number of hydrogen-bond donors (Lipinski definition) is 3. The zero-order valence-electron chi connectivity index (χ0n) is 12.4. The minimum absolute atomic E-state index is 0.149. The lowest BCUT2D eigenvalue weighted by molar-refractivity contribution is -0.119. The Kier molecular flexibility index (Phi) is 4.73. The van der Waals surface area contributed by atoms with Crippen molar-refractivity contribution in [1.29, 1.82) is 10.7 Å². The number of amides is 1. The molecule has 1 aliphatic rings. The van der Waals surface area contributed by atoms with Crippen LogP contribution < -0.4 is 16.1 Å². The summed E-state index contributed by atoms with van der Waals surface area (Å²) in [7, 11) is 0. The summed E-state index contributed by atoms with van der Waals surface area (Å²) in [4.78, 5) is 13.8. The van der Waals surface area contributed by atoms with Gasteiger partial charge in [0.15, 0.2) is 5.84 Å². The third kappa shape index (κ3) is 3.41. The molecular formula is C15H18N6O. The lowest BCUT2D eigenvalue weighted by atomic mass is 10.1. The largest absolute Gasteiger partial charge is 0.382 e. The number of nitrogens with one attached hydrogen (secondary N) is 2. The number of hydrazone groups is 1. The molecule has 0 aromatic heterocycles. The molecule has 114 valence electrons. The van der Waals surface area contributed by atoms with Crippen LogP contribution in [-0.2, 0) is 4.79 Å². The highest BCUT2D eigenvalue weighted by Crippen LogP contribution is 2.27. The van der Waals surface area contributed by atoms with Gasteiger partial charge < -0.3 is 10.6 Å². The number of aryl methyl sites for hydroxylation is 1. The van der Waals surface area contributed by atoms with Crippen molar-refractivity contribution in [3.8, 4) is 6.07 Å². The van der Waals surface area contributed by atoms with Crippen molar-refractivity contribution in [2.45, 2.75) is 26.2 Å². The summed E-state index contributed by atoms with van der Waals surface area (Å²) in [5.41, 5.74) is 10.3. The molecule has 7 nitrogen and oxygen atoms in total. The van der Waals surface area contributed by atoms with Crippen LogP contribution in [0.25, 0.3) is 0 Å². The van der Waals surface area contributed by atoms with E-state index >= 15 is 0 Å². The number of hydrogen-bond acceptors (Lipinski definition) is 5. The Bertz CT molecular complexity index is 673. The van der Waals surface area contributed by atoms with E-state index in [2.05, 4.69) is 10.5 Å². The molecule has 1 heterocycles. The van der Waals surface area contributed by atoms with Gasteiger partial charge in [0.1, 0.15) is 6.07 Å². The molecule has 1 aromatic carbocycles. The van der Waals surface area contributed by atoms with E-state index in [-0.39, 0.29) is 17.5 Å². The molecule has 0 saturated carbocycles. The van der Waals surface area contributed by atoms with Crippen molar-refractivity contribution in [2.75, 3.05) is 16.9 Å². The number of nitrogens with two attached hydrogens (primary N) is 1. The predicted octanol–water partition coefficient (Wildman–Crippen LogP) is 1.74. The molecule has 1 fully saturated rings. The number of carbonyl (C=O) groups is 1. The summed E-state index contributed by atoms with van der Waals surface area (Å²) in [6.07, 6.45) is 2.55. The van der Waals surface area contributed by atoms with Gasteiger partial charge in [0.25, 0.3) is 0 Å². The van der Waals surface area contributed by atoms with E-state index in [9.17, 15) is 4.79 Å². The first kappa shape index (κ1) is 15.5. The Hall–Kier alpha value is -2.88. The molecule has 1 aromatic rings. The summed E-state index contributed by atoms with van der Waals surface area (Å²) in [6.45, 7) is 2.66. The lowest BCUT2D eigenvalue weighted by Gasteiger charge is -2.28. The van der Waals surface area contributed by atoms with Crippen LogP contribution in [-0.4, -0.2) is 24.0 Å². The lowest BCUT2D eigenvalue weighted by Crippen LogP contribution is -2.35. The van der Waals surface area contributed by atoms with E-state index in [0.717, 1.165) is 30.6 Å². The van der Waals surface area contributed by atoms with E-state index in [4.69, 9.17) is 16.4 Å².